The van der Waals surface area contributed by atoms with Gasteiger partial charge in [-0.05, 0) is 17.7 Å². The zero-order valence-electron chi connectivity index (χ0n) is 10.1. The topological polar surface area (TPSA) is 66.8 Å². The van der Waals surface area contributed by atoms with Crippen LogP contribution in [-0.2, 0) is 10.0 Å². The van der Waals surface area contributed by atoms with Gasteiger partial charge in [-0.2, -0.15) is 0 Å². The van der Waals surface area contributed by atoms with Crippen LogP contribution in [0, 0.1) is 0 Å². The number of aliphatic hydroxyl groups is 1. The van der Waals surface area contributed by atoms with E-state index in [-0.39, 0.29) is 6.54 Å². The highest BCUT2D eigenvalue weighted by molar-refractivity contribution is 7.88. The van der Waals surface area contributed by atoms with Gasteiger partial charge in [-0.15, -0.1) is 0 Å². The van der Waals surface area contributed by atoms with Crippen LogP contribution >= 0.6 is 0 Å². The van der Waals surface area contributed by atoms with Crippen molar-refractivity contribution in [2.24, 2.45) is 0 Å². The average Bonchev–Trinajstić information content (AvgIpc) is 2.27. The number of ether oxygens (including phenoxy) is 1. The molecule has 1 atom stereocenters. The van der Waals surface area contributed by atoms with Crippen molar-refractivity contribution in [3.05, 3.63) is 29.8 Å². The predicted molar refractivity (Wildman–Crippen MR) is 65.4 cm³/mol. The molecule has 0 heterocycles. The fourth-order valence-electron chi connectivity index (χ4n) is 1.31. The summed E-state index contributed by atoms with van der Waals surface area (Å²) in [5, 5.41) is 9.87. The van der Waals surface area contributed by atoms with Crippen molar-refractivity contribution in [3.63, 3.8) is 0 Å². The molecule has 0 radical (unpaired) electrons. The molecule has 0 amide bonds. The first-order valence-electron chi connectivity index (χ1n) is 5.08. The van der Waals surface area contributed by atoms with E-state index in [9.17, 15) is 13.5 Å². The molecule has 1 aromatic carbocycles. The Bertz CT molecular complexity index is 455. The third-order valence-electron chi connectivity index (χ3n) is 2.50. The molecule has 0 fully saturated rings. The van der Waals surface area contributed by atoms with Crippen LogP contribution in [-0.4, -0.2) is 44.8 Å². The third kappa shape index (κ3) is 3.99. The molecule has 0 bridgehead atoms. The molecule has 1 rings (SSSR count). The highest BCUT2D eigenvalue weighted by Gasteiger charge is 2.16. The van der Waals surface area contributed by atoms with E-state index < -0.39 is 16.1 Å². The minimum absolute atomic E-state index is 0.0329. The van der Waals surface area contributed by atoms with Crippen LogP contribution in [0.3, 0.4) is 0 Å². The number of likely N-dealkylation sites (N-methyl/N-ethyl adjacent to an activating group) is 1. The zero-order chi connectivity index (χ0) is 13.1. The van der Waals surface area contributed by atoms with Crippen LogP contribution in [0.5, 0.6) is 5.75 Å². The quantitative estimate of drug-likeness (QED) is 0.842. The average molecular weight is 259 g/mol. The number of nitrogens with zero attached hydrogens (tertiary/aromatic N) is 1. The second-order valence-electron chi connectivity index (χ2n) is 3.83. The molecule has 96 valence electrons. The first kappa shape index (κ1) is 14.0. The summed E-state index contributed by atoms with van der Waals surface area (Å²) in [5.74, 6) is 0.692. The molecular weight excluding hydrogens is 242 g/mol. The lowest BCUT2D eigenvalue weighted by Gasteiger charge is -2.18. The summed E-state index contributed by atoms with van der Waals surface area (Å²) in [4.78, 5) is 0. The van der Waals surface area contributed by atoms with Crippen LogP contribution in [0.4, 0.5) is 0 Å². The summed E-state index contributed by atoms with van der Waals surface area (Å²) in [5.41, 5.74) is 0.654. The number of methoxy groups -OCH3 is 1. The van der Waals surface area contributed by atoms with E-state index in [2.05, 4.69) is 0 Å². The molecular formula is C11H17NO4S. The number of benzene rings is 1. The number of sulfonamides is 1. The van der Waals surface area contributed by atoms with E-state index >= 15 is 0 Å². The highest BCUT2D eigenvalue weighted by Crippen LogP contribution is 2.18. The molecule has 6 heteroatoms. The Morgan fingerprint density at radius 2 is 1.88 bits per heavy atom. The van der Waals surface area contributed by atoms with Crippen LogP contribution in [0.25, 0.3) is 0 Å². The molecule has 0 spiro atoms. The fourth-order valence-corrected chi connectivity index (χ4v) is 1.72. The van der Waals surface area contributed by atoms with Gasteiger partial charge in [0.05, 0.1) is 19.5 Å². The standard InChI is InChI=1S/C11H17NO4S/c1-12(17(3,14)15)8-11(13)9-4-6-10(16-2)7-5-9/h4-7,11,13H,8H2,1-3H3. The SMILES string of the molecule is COc1ccc(C(O)CN(C)S(C)(=O)=O)cc1. The van der Waals surface area contributed by atoms with Gasteiger partial charge in [0, 0.05) is 13.6 Å². The zero-order valence-corrected chi connectivity index (χ0v) is 10.9. The smallest absolute Gasteiger partial charge is 0.211 e. The van der Waals surface area contributed by atoms with Gasteiger partial charge in [0.1, 0.15) is 5.75 Å². The van der Waals surface area contributed by atoms with Gasteiger partial charge < -0.3 is 9.84 Å². The van der Waals surface area contributed by atoms with Crippen molar-refractivity contribution >= 4 is 10.0 Å². The van der Waals surface area contributed by atoms with Crippen LogP contribution < -0.4 is 4.74 Å². The molecule has 0 aliphatic heterocycles. The van der Waals surface area contributed by atoms with Gasteiger partial charge in [0.15, 0.2) is 0 Å². The summed E-state index contributed by atoms with van der Waals surface area (Å²) >= 11 is 0. The van der Waals surface area contributed by atoms with Crippen molar-refractivity contribution in [3.8, 4) is 5.75 Å². The lowest BCUT2D eigenvalue weighted by Crippen LogP contribution is -2.30. The third-order valence-corrected chi connectivity index (χ3v) is 3.78. The number of hydrogen-bond donors (Lipinski definition) is 1. The highest BCUT2D eigenvalue weighted by atomic mass is 32.2. The normalized spacial score (nSPS) is 13.7. The lowest BCUT2D eigenvalue weighted by molar-refractivity contribution is 0.155. The van der Waals surface area contributed by atoms with Gasteiger partial charge in [-0.3, -0.25) is 0 Å². The van der Waals surface area contributed by atoms with Crippen LogP contribution in [0.2, 0.25) is 0 Å². The minimum atomic E-state index is -3.27. The second-order valence-corrected chi connectivity index (χ2v) is 5.92. The van der Waals surface area contributed by atoms with Crippen LogP contribution in [0.1, 0.15) is 11.7 Å². The molecule has 17 heavy (non-hydrogen) atoms. The molecule has 0 saturated heterocycles. The first-order valence-corrected chi connectivity index (χ1v) is 6.92. The molecule has 0 aliphatic rings. The van der Waals surface area contributed by atoms with Gasteiger partial charge in [-0.25, -0.2) is 12.7 Å². The molecule has 1 N–H and O–H groups in total. The Morgan fingerprint density at radius 3 is 2.29 bits per heavy atom. The van der Waals surface area contributed by atoms with Crippen molar-refractivity contribution < 1.29 is 18.3 Å². The van der Waals surface area contributed by atoms with Gasteiger partial charge in [0.2, 0.25) is 10.0 Å². The molecule has 1 aromatic rings. The summed E-state index contributed by atoms with van der Waals surface area (Å²) in [6, 6.07) is 6.86. The first-order chi connectivity index (χ1) is 7.84. The van der Waals surface area contributed by atoms with Gasteiger partial charge >= 0.3 is 0 Å². The number of rotatable bonds is 5. The Kier molecular flexibility index (Phi) is 4.50. The molecule has 1 unspecified atom stereocenters. The number of aliphatic hydroxyl groups excluding tert-OH is 1. The van der Waals surface area contributed by atoms with Crippen molar-refractivity contribution in [2.75, 3.05) is 27.0 Å². The Labute approximate surface area is 102 Å². The summed E-state index contributed by atoms with van der Waals surface area (Å²) in [6.45, 7) is 0.0329. The minimum Gasteiger partial charge on any atom is -0.497 e. The molecule has 0 saturated carbocycles. The van der Waals surface area contributed by atoms with Crippen LogP contribution in [0.15, 0.2) is 24.3 Å². The van der Waals surface area contributed by atoms with Crippen molar-refractivity contribution in [2.45, 2.75) is 6.10 Å². The fraction of sp³-hybridized carbons (Fsp3) is 0.455. The maximum absolute atomic E-state index is 11.2. The Hall–Kier alpha value is -1.11. The maximum Gasteiger partial charge on any atom is 0.211 e. The monoisotopic (exact) mass is 259 g/mol. The molecule has 0 aliphatic carbocycles. The van der Waals surface area contributed by atoms with E-state index in [1.165, 1.54) is 7.05 Å². The second kappa shape index (κ2) is 5.48. The van der Waals surface area contributed by atoms with E-state index in [4.69, 9.17) is 4.74 Å². The number of hydrogen-bond acceptors (Lipinski definition) is 4. The molecule has 5 nitrogen and oxygen atoms in total. The van der Waals surface area contributed by atoms with E-state index in [0.29, 0.717) is 11.3 Å². The lowest BCUT2D eigenvalue weighted by atomic mass is 10.1. The maximum atomic E-state index is 11.2. The summed E-state index contributed by atoms with van der Waals surface area (Å²) < 4.78 is 28.5. The largest absolute Gasteiger partial charge is 0.497 e. The van der Waals surface area contributed by atoms with Crippen molar-refractivity contribution in [1.29, 1.82) is 0 Å². The molecule has 0 aromatic heterocycles. The van der Waals surface area contributed by atoms with Crippen molar-refractivity contribution in [1.82, 2.24) is 4.31 Å². The van der Waals surface area contributed by atoms with E-state index in [1.54, 1.807) is 31.4 Å². The van der Waals surface area contributed by atoms with E-state index in [1.807, 2.05) is 0 Å². The van der Waals surface area contributed by atoms with Gasteiger partial charge in [0.25, 0.3) is 0 Å². The van der Waals surface area contributed by atoms with E-state index in [0.717, 1.165) is 10.6 Å². The Balaban J connectivity index is 2.73. The Morgan fingerprint density at radius 1 is 1.35 bits per heavy atom. The summed E-state index contributed by atoms with van der Waals surface area (Å²) in [7, 11) is -0.279. The summed E-state index contributed by atoms with van der Waals surface area (Å²) in [6.07, 6.45) is 0.258. The van der Waals surface area contributed by atoms with Gasteiger partial charge in [-0.1, -0.05) is 12.1 Å². The predicted octanol–water partition coefficient (Wildman–Crippen LogP) is 0.620.